The Morgan fingerprint density at radius 1 is 0.941 bits per heavy atom. The summed E-state index contributed by atoms with van der Waals surface area (Å²) >= 11 is 6.48. The fraction of sp³-hybridized carbons (Fsp3) is 0.333. The van der Waals surface area contributed by atoms with Crippen LogP contribution in [0.4, 0.5) is 8.78 Å². The Labute approximate surface area is 212 Å². The molecule has 2 aromatic heterocycles. The lowest BCUT2D eigenvalue weighted by Gasteiger charge is -2.23. The van der Waals surface area contributed by atoms with Crippen LogP contribution in [0.5, 0.6) is 0 Å². The van der Waals surface area contributed by atoms with Crippen molar-refractivity contribution in [1.82, 2.24) is 20.0 Å². The molecule has 2 aromatic carbocycles. The molecule has 0 spiro atoms. The van der Waals surface area contributed by atoms with Gasteiger partial charge in [0.1, 0.15) is 11.6 Å². The molecule has 1 saturated heterocycles. The summed E-state index contributed by atoms with van der Waals surface area (Å²) in [6.07, 6.45) is 12.3. The summed E-state index contributed by atoms with van der Waals surface area (Å²) in [6.45, 7) is 1.67. The van der Waals surface area contributed by atoms with Crippen LogP contribution in [0.3, 0.4) is 0 Å². The van der Waals surface area contributed by atoms with Gasteiger partial charge >= 0.3 is 0 Å². The van der Waals surface area contributed by atoms with E-state index in [4.69, 9.17) is 9.47 Å². The molecule has 6 rings (SSSR count). The van der Waals surface area contributed by atoms with E-state index in [0.29, 0.717) is 20.8 Å². The van der Waals surface area contributed by atoms with Gasteiger partial charge in [0.05, 0.1) is 47.1 Å². The van der Waals surface area contributed by atoms with E-state index >= 15 is 0 Å². The van der Waals surface area contributed by atoms with Crippen LogP contribution in [-0.2, 0) is 9.47 Å². The zero-order chi connectivity index (χ0) is 23.9. The van der Waals surface area contributed by atoms with E-state index in [2.05, 4.69) is 47.2 Å². The summed E-state index contributed by atoms with van der Waals surface area (Å²) in [4.78, 5) is 0. The number of hydrogen-bond donors (Lipinski definition) is 1. The molecule has 10 heteroatoms. The Balaban J connectivity index is 0.000000137. The zero-order valence-corrected chi connectivity index (χ0v) is 21.5. The number of rotatable bonds is 1. The van der Waals surface area contributed by atoms with Crippen molar-refractivity contribution < 1.29 is 18.3 Å². The molecular formula is C24H24Br2F2N4O2. The smallest absolute Gasteiger partial charge is 0.150 e. The third kappa shape index (κ3) is 6.22. The number of allylic oxidation sites excluding steroid dienone is 1. The third-order valence-corrected chi connectivity index (χ3v) is 6.27. The molecule has 0 bridgehead atoms. The predicted octanol–water partition coefficient (Wildman–Crippen LogP) is 7.41. The van der Waals surface area contributed by atoms with E-state index in [-0.39, 0.29) is 17.9 Å². The summed E-state index contributed by atoms with van der Waals surface area (Å²) in [7, 11) is 0. The zero-order valence-electron chi connectivity index (χ0n) is 18.3. The highest BCUT2D eigenvalue weighted by molar-refractivity contribution is 9.10. The van der Waals surface area contributed by atoms with Crippen LogP contribution in [0.2, 0.25) is 0 Å². The maximum absolute atomic E-state index is 13.7. The van der Waals surface area contributed by atoms with Gasteiger partial charge in [-0.05, 0) is 62.4 Å². The van der Waals surface area contributed by atoms with Crippen molar-refractivity contribution in [3.63, 3.8) is 0 Å². The minimum Gasteiger partial charge on any atom is -0.502 e. The van der Waals surface area contributed by atoms with Crippen LogP contribution in [0.15, 0.2) is 57.9 Å². The summed E-state index contributed by atoms with van der Waals surface area (Å²) in [5.74, 6) is -0.514. The van der Waals surface area contributed by atoms with Crippen molar-refractivity contribution >= 4 is 53.7 Å². The Bertz CT molecular complexity index is 1260. The minimum absolute atomic E-state index is 0.0602. The summed E-state index contributed by atoms with van der Waals surface area (Å²) in [5.41, 5.74) is 1.49. The van der Waals surface area contributed by atoms with Gasteiger partial charge in [0.25, 0.3) is 0 Å². The Hall–Kier alpha value is -2.30. The lowest BCUT2D eigenvalue weighted by molar-refractivity contribution is -0.0366. The number of nitrogens with zero attached hydrogens (tertiary/aromatic N) is 3. The maximum Gasteiger partial charge on any atom is 0.150 e. The highest BCUT2D eigenvalue weighted by Crippen LogP contribution is 2.29. The van der Waals surface area contributed by atoms with Crippen LogP contribution in [0.25, 0.3) is 21.8 Å². The maximum atomic E-state index is 13.7. The molecule has 1 unspecified atom stereocenters. The fourth-order valence-corrected chi connectivity index (χ4v) is 4.53. The number of ether oxygens (including phenoxy) is 2. The molecule has 1 N–H and O–H groups in total. The van der Waals surface area contributed by atoms with Crippen molar-refractivity contribution in [2.45, 2.75) is 38.3 Å². The van der Waals surface area contributed by atoms with Crippen molar-refractivity contribution in [3.05, 3.63) is 69.6 Å². The molecule has 2 aliphatic rings. The van der Waals surface area contributed by atoms with Gasteiger partial charge in [-0.25, -0.2) is 13.5 Å². The van der Waals surface area contributed by atoms with Crippen LogP contribution in [-0.4, -0.2) is 33.2 Å². The monoisotopic (exact) mass is 596 g/mol. The molecular weight excluding hydrogens is 574 g/mol. The number of aromatic nitrogens is 4. The van der Waals surface area contributed by atoms with Crippen molar-refractivity contribution in [1.29, 1.82) is 0 Å². The fourth-order valence-electron chi connectivity index (χ4n) is 3.68. The molecule has 0 amide bonds. The lowest BCUT2D eigenvalue weighted by Crippen LogP contribution is -2.18. The van der Waals surface area contributed by atoms with Crippen LogP contribution in [0.1, 0.15) is 38.3 Å². The number of H-pyrrole nitrogens is 1. The second-order valence-electron chi connectivity index (χ2n) is 7.83. The third-order valence-electron chi connectivity index (χ3n) is 5.36. The number of aromatic amines is 1. The molecule has 6 nitrogen and oxygen atoms in total. The quantitative estimate of drug-likeness (QED) is 0.248. The SMILES string of the molecule is C1=COCCC1.Fc1cc(Br)cc2[nH]ncc12.Fc1cc(Br)cc2c1cnn2C1CCCCO1. The van der Waals surface area contributed by atoms with E-state index < -0.39 is 0 Å². The van der Waals surface area contributed by atoms with Crippen LogP contribution in [0, 0.1) is 11.6 Å². The number of benzene rings is 2. The Morgan fingerprint density at radius 2 is 1.74 bits per heavy atom. The highest BCUT2D eigenvalue weighted by Gasteiger charge is 2.19. The molecule has 1 atom stereocenters. The van der Waals surface area contributed by atoms with Crippen molar-refractivity contribution in [2.24, 2.45) is 0 Å². The summed E-state index contributed by atoms with van der Waals surface area (Å²) in [5, 5.41) is 11.7. The van der Waals surface area contributed by atoms with E-state index in [1.807, 2.05) is 12.1 Å². The molecule has 4 heterocycles. The normalized spacial score (nSPS) is 17.5. The number of fused-ring (bicyclic) bond motifs is 2. The molecule has 0 radical (unpaired) electrons. The summed E-state index contributed by atoms with van der Waals surface area (Å²) in [6, 6.07) is 6.53. The molecule has 1 fully saturated rings. The van der Waals surface area contributed by atoms with Gasteiger partial charge in [-0.3, -0.25) is 5.10 Å². The second-order valence-corrected chi connectivity index (χ2v) is 9.67. The van der Waals surface area contributed by atoms with E-state index in [0.717, 1.165) is 42.5 Å². The van der Waals surface area contributed by atoms with Gasteiger partial charge in [0.15, 0.2) is 6.23 Å². The minimum atomic E-state index is -0.261. The summed E-state index contributed by atoms with van der Waals surface area (Å²) < 4.78 is 40.5. The number of halogens is 4. The van der Waals surface area contributed by atoms with Gasteiger partial charge in [0.2, 0.25) is 0 Å². The first-order chi connectivity index (χ1) is 16.5. The van der Waals surface area contributed by atoms with E-state index in [1.54, 1.807) is 23.2 Å². The number of hydrogen-bond acceptors (Lipinski definition) is 4. The average molecular weight is 598 g/mol. The Morgan fingerprint density at radius 3 is 2.38 bits per heavy atom. The molecule has 2 aliphatic heterocycles. The first kappa shape index (κ1) is 24.8. The molecule has 0 saturated carbocycles. The molecule has 4 aromatic rings. The topological polar surface area (TPSA) is 65.0 Å². The molecule has 0 aliphatic carbocycles. The lowest BCUT2D eigenvalue weighted by atomic mass is 10.2. The standard InChI is InChI=1S/C12H12BrFN2O.C7H4BrFN2.C5H8O/c13-8-5-10(14)9-7-15-16(11(9)6-8)12-3-1-2-4-17-12;8-4-1-6(9)5-3-10-11-7(5)2-4;1-2-4-6-5-3-1/h5-7,12H,1-4H2;1-3H,(H,10,11);2,4H,1,3,5H2. The number of nitrogens with one attached hydrogen (secondary N) is 1. The van der Waals surface area contributed by atoms with Crippen molar-refractivity contribution in [3.8, 4) is 0 Å². The predicted molar refractivity (Wildman–Crippen MR) is 134 cm³/mol. The van der Waals surface area contributed by atoms with E-state index in [9.17, 15) is 8.78 Å². The van der Waals surface area contributed by atoms with Gasteiger partial charge in [-0.1, -0.05) is 31.9 Å². The average Bonchev–Trinajstić information content (AvgIpc) is 3.49. The second kappa shape index (κ2) is 11.9. The Kier molecular flexibility index (Phi) is 8.69. The molecule has 34 heavy (non-hydrogen) atoms. The first-order valence-electron chi connectivity index (χ1n) is 11.0. The first-order valence-corrected chi connectivity index (χ1v) is 12.6. The van der Waals surface area contributed by atoms with E-state index in [1.165, 1.54) is 31.2 Å². The van der Waals surface area contributed by atoms with Gasteiger partial charge in [-0.2, -0.15) is 10.2 Å². The van der Waals surface area contributed by atoms with Crippen LogP contribution < -0.4 is 0 Å². The van der Waals surface area contributed by atoms with Crippen molar-refractivity contribution in [2.75, 3.05) is 13.2 Å². The van der Waals surface area contributed by atoms with Gasteiger partial charge in [-0.15, -0.1) is 0 Å². The van der Waals surface area contributed by atoms with Gasteiger partial charge < -0.3 is 9.47 Å². The van der Waals surface area contributed by atoms with Crippen LogP contribution >= 0.6 is 31.9 Å². The van der Waals surface area contributed by atoms with Gasteiger partial charge in [0, 0.05) is 15.6 Å². The molecule has 180 valence electrons. The largest absolute Gasteiger partial charge is 0.502 e. The highest BCUT2D eigenvalue weighted by atomic mass is 79.9.